The summed E-state index contributed by atoms with van der Waals surface area (Å²) in [4.78, 5) is 16.0. The normalized spacial score (nSPS) is 10.8. The summed E-state index contributed by atoms with van der Waals surface area (Å²) in [6, 6.07) is 8.03. The van der Waals surface area contributed by atoms with E-state index in [0.717, 1.165) is 29.0 Å². The van der Waals surface area contributed by atoms with Crippen LogP contribution in [-0.2, 0) is 22.5 Å². The van der Waals surface area contributed by atoms with E-state index in [1.807, 2.05) is 25.1 Å². The summed E-state index contributed by atoms with van der Waals surface area (Å²) in [6.07, 6.45) is 0.678. The molecule has 0 atom stereocenters. The highest BCUT2D eigenvalue weighted by molar-refractivity contribution is 5.77. The first-order valence-corrected chi connectivity index (χ1v) is 6.96. The summed E-state index contributed by atoms with van der Waals surface area (Å²) in [7, 11) is 1.51. The van der Waals surface area contributed by atoms with E-state index in [0.29, 0.717) is 13.0 Å². The van der Waals surface area contributed by atoms with Gasteiger partial charge in [0, 0.05) is 26.6 Å². The van der Waals surface area contributed by atoms with E-state index in [-0.39, 0.29) is 12.5 Å². The molecule has 112 valence electrons. The minimum absolute atomic E-state index is 0.0855. The van der Waals surface area contributed by atoms with Gasteiger partial charge in [-0.15, -0.1) is 0 Å². The number of para-hydroxylation sites is 2. The molecule has 2 aromatic rings. The zero-order valence-electron chi connectivity index (χ0n) is 12.6. The Morgan fingerprint density at radius 2 is 2.19 bits per heavy atom. The van der Waals surface area contributed by atoms with Gasteiger partial charge in [-0.1, -0.05) is 24.3 Å². The summed E-state index contributed by atoms with van der Waals surface area (Å²) >= 11 is 0. The monoisotopic (exact) mass is 287 g/mol. The average molecular weight is 287 g/mol. The highest BCUT2D eigenvalue weighted by Crippen LogP contribution is 2.17. The first kappa shape index (κ1) is 15.3. The molecule has 1 aromatic heterocycles. The van der Waals surface area contributed by atoms with Crippen molar-refractivity contribution in [3.8, 4) is 0 Å². The molecule has 21 heavy (non-hydrogen) atoms. The molecule has 0 saturated carbocycles. The predicted octanol–water partition coefficient (Wildman–Crippen LogP) is 1.92. The fourth-order valence-electron chi connectivity index (χ4n) is 2.26. The van der Waals surface area contributed by atoms with Crippen LogP contribution in [0.3, 0.4) is 0 Å². The number of hydrogen-bond acceptors (Lipinski definition) is 3. The molecule has 5 heteroatoms. The Morgan fingerprint density at radius 1 is 1.43 bits per heavy atom. The van der Waals surface area contributed by atoms with Crippen LogP contribution in [-0.4, -0.2) is 35.7 Å². The average Bonchev–Trinajstić information content (AvgIpc) is 2.77. The van der Waals surface area contributed by atoms with E-state index in [9.17, 15) is 4.79 Å². The number of amides is 1. The van der Waals surface area contributed by atoms with Gasteiger partial charge in [0.25, 0.3) is 0 Å². The molecule has 0 aliphatic heterocycles. The highest BCUT2D eigenvalue weighted by Gasteiger charge is 2.10. The van der Waals surface area contributed by atoms with Crippen molar-refractivity contribution in [2.75, 3.05) is 20.3 Å². The lowest BCUT2D eigenvalue weighted by molar-refractivity contribution is -0.124. The Morgan fingerprint density at radius 3 is 2.90 bits per heavy atom. The molecule has 1 heterocycles. The van der Waals surface area contributed by atoms with Crippen molar-refractivity contribution in [3.63, 3.8) is 0 Å². The Balaban J connectivity index is 2.14. The number of nitrogens with one attached hydrogen (secondary N) is 1. The fraction of sp³-hybridized carbons (Fsp3) is 0.375. The second-order valence-electron chi connectivity index (χ2n) is 5.09. The van der Waals surface area contributed by atoms with Crippen molar-refractivity contribution < 1.29 is 9.53 Å². The Hall–Kier alpha value is -2.14. The topological polar surface area (TPSA) is 56.2 Å². The first-order valence-electron chi connectivity index (χ1n) is 6.96. The number of nitrogens with zero attached hydrogens (tertiary/aromatic N) is 2. The van der Waals surface area contributed by atoms with Crippen LogP contribution >= 0.6 is 0 Å². The molecule has 0 spiro atoms. The van der Waals surface area contributed by atoms with Crippen molar-refractivity contribution in [1.82, 2.24) is 14.9 Å². The lowest BCUT2D eigenvalue weighted by Gasteiger charge is -2.09. The number of ether oxygens (including phenoxy) is 1. The molecule has 5 nitrogen and oxygen atoms in total. The number of fused-ring (bicyclic) bond motifs is 1. The molecule has 0 aliphatic carbocycles. The minimum atomic E-state index is -0.111. The maximum Gasteiger partial charge on any atom is 0.245 e. The van der Waals surface area contributed by atoms with Gasteiger partial charge in [0.1, 0.15) is 12.4 Å². The largest absolute Gasteiger partial charge is 0.375 e. The molecule has 0 fully saturated rings. The van der Waals surface area contributed by atoms with Crippen LogP contribution in [0.25, 0.3) is 11.0 Å². The van der Waals surface area contributed by atoms with Gasteiger partial charge in [-0.3, -0.25) is 4.79 Å². The van der Waals surface area contributed by atoms with Crippen LogP contribution in [0.5, 0.6) is 0 Å². The number of carbonyl (C=O) groups is 1. The lowest BCUT2D eigenvalue weighted by Crippen LogP contribution is -2.29. The molecule has 1 N–H and O–H groups in total. The van der Waals surface area contributed by atoms with E-state index in [1.54, 1.807) is 0 Å². The Bertz CT molecular complexity index is 646. The smallest absolute Gasteiger partial charge is 0.245 e. The van der Waals surface area contributed by atoms with Crippen LogP contribution in [0, 0.1) is 0 Å². The molecule has 2 rings (SSSR count). The number of aromatic nitrogens is 2. The fourth-order valence-corrected chi connectivity index (χ4v) is 2.26. The molecule has 0 bridgehead atoms. The van der Waals surface area contributed by atoms with Crippen LogP contribution < -0.4 is 5.32 Å². The maximum absolute atomic E-state index is 11.4. The summed E-state index contributed by atoms with van der Waals surface area (Å²) < 4.78 is 6.94. The van der Waals surface area contributed by atoms with E-state index in [2.05, 4.69) is 27.5 Å². The molecular formula is C16H21N3O2. The van der Waals surface area contributed by atoms with Crippen LogP contribution in [0.4, 0.5) is 0 Å². The second kappa shape index (κ2) is 7.04. The van der Waals surface area contributed by atoms with E-state index < -0.39 is 0 Å². The van der Waals surface area contributed by atoms with E-state index in [4.69, 9.17) is 4.74 Å². The zero-order valence-corrected chi connectivity index (χ0v) is 12.6. The minimum Gasteiger partial charge on any atom is -0.375 e. The number of allylic oxidation sites excluding steroid dienone is 1. The molecule has 0 radical (unpaired) electrons. The van der Waals surface area contributed by atoms with E-state index in [1.165, 1.54) is 7.11 Å². The number of benzene rings is 1. The van der Waals surface area contributed by atoms with Crippen molar-refractivity contribution in [3.05, 3.63) is 42.2 Å². The lowest BCUT2D eigenvalue weighted by atomic mass is 10.3. The van der Waals surface area contributed by atoms with Gasteiger partial charge in [-0.2, -0.15) is 0 Å². The van der Waals surface area contributed by atoms with Gasteiger partial charge in [0.2, 0.25) is 5.91 Å². The zero-order chi connectivity index (χ0) is 15.2. The van der Waals surface area contributed by atoms with Crippen molar-refractivity contribution >= 4 is 16.9 Å². The number of imidazole rings is 1. The summed E-state index contributed by atoms with van der Waals surface area (Å²) in [5, 5.41) is 2.82. The third-order valence-electron chi connectivity index (χ3n) is 3.11. The van der Waals surface area contributed by atoms with Crippen LogP contribution in [0.15, 0.2) is 36.4 Å². The van der Waals surface area contributed by atoms with Gasteiger partial charge in [0.05, 0.1) is 11.0 Å². The van der Waals surface area contributed by atoms with Gasteiger partial charge in [-0.05, 0) is 19.1 Å². The standard InChI is InChI=1S/C16H21N3O2/c1-12(2)10-19-14-7-5-4-6-13(14)18-15(19)8-9-17-16(20)11-21-3/h4-7H,1,8-11H2,2-3H3,(H,17,20). The molecule has 0 saturated heterocycles. The second-order valence-corrected chi connectivity index (χ2v) is 5.09. The van der Waals surface area contributed by atoms with Crippen molar-refractivity contribution in [2.24, 2.45) is 0 Å². The molecule has 1 amide bonds. The SMILES string of the molecule is C=C(C)Cn1c(CCNC(=O)COC)nc2ccccc21. The van der Waals surface area contributed by atoms with Gasteiger partial charge in [-0.25, -0.2) is 4.98 Å². The first-order chi connectivity index (χ1) is 10.1. The Kier molecular flexibility index (Phi) is 5.11. The van der Waals surface area contributed by atoms with Gasteiger partial charge < -0.3 is 14.6 Å². The van der Waals surface area contributed by atoms with Crippen LogP contribution in [0.2, 0.25) is 0 Å². The number of carbonyl (C=O) groups excluding carboxylic acids is 1. The third kappa shape index (κ3) is 3.92. The molecule has 0 unspecified atom stereocenters. The van der Waals surface area contributed by atoms with Gasteiger partial charge >= 0.3 is 0 Å². The molecule has 1 aromatic carbocycles. The summed E-state index contributed by atoms with van der Waals surface area (Å²) in [5.41, 5.74) is 3.14. The predicted molar refractivity (Wildman–Crippen MR) is 83.1 cm³/mol. The summed E-state index contributed by atoms with van der Waals surface area (Å²) in [6.45, 7) is 7.34. The number of methoxy groups -OCH3 is 1. The molecular weight excluding hydrogens is 266 g/mol. The third-order valence-corrected chi connectivity index (χ3v) is 3.11. The quantitative estimate of drug-likeness (QED) is 0.792. The maximum atomic E-state index is 11.4. The molecule has 0 aliphatic rings. The number of hydrogen-bond donors (Lipinski definition) is 1. The van der Waals surface area contributed by atoms with Gasteiger partial charge in [0.15, 0.2) is 0 Å². The van der Waals surface area contributed by atoms with Crippen molar-refractivity contribution in [1.29, 1.82) is 0 Å². The Labute approximate surface area is 124 Å². The summed E-state index contributed by atoms with van der Waals surface area (Å²) in [5.74, 6) is 0.844. The number of rotatable bonds is 7. The van der Waals surface area contributed by atoms with E-state index >= 15 is 0 Å². The van der Waals surface area contributed by atoms with Crippen LogP contribution in [0.1, 0.15) is 12.7 Å². The highest BCUT2D eigenvalue weighted by atomic mass is 16.5. The van der Waals surface area contributed by atoms with Crippen molar-refractivity contribution in [2.45, 2.75) is 19.9 Å².